The fourth-order valence-corrected chi connectivity index (χ4v) is 3.23. The molecule has 0 unspecified atom stereocenters. The van der Waals surface area contributed by atoms with E-state index in [1.54, 1.807) is 12.1 Å². The molecule has 0 amide bonds. The van der Waals surface area contributed by atoms with Crippen molar-refractivity contribution < 1.29 is 44.9 Å². The van der Waals surface area contributed by atoms with Gasteiger partial charge in [0.2, 0.25) is 6.29 Å². The topological polar surface area (TPSA) is 157 Å². The van der Waals surface area contributed by atoms with E-state index in [9.17, 15) is 35.4 Å². The second-order valence-electron chi connectivity index (χ2n) is 7.06. The number of carbonyl (C=O) groups excluding carboxylic acids is 1. The predicted molar refractivity (Wildman–Crippen MR) is 103 cm³/mol. The molecule has 0 aromatic heterocycles. The molecule has 0 bridgehead atoms. The highest BCUT2D eigenvalue weighted by Gasteiger charge is 2.45. The van der Waals surface area contributed by atoms with E-state index < -0.39 is 43.1 Å². The summed E-state index contributed by atoms with van der Waals surface area (Å²) < 4.78 is 10.9. The lowest BCUT2D eigenvalue weighted by atomic mass is 9.99. The lowest BCUT2D eigenvalue weighted by molar-refractivity contribution is -0.277. The second-order valence-corrected chi connectivity index (χ2v) is 7.06. The Labute approximate surface area is 172 Å². The number of aryl methyl sites for hydroxylation is 1. The fourth-order valence-electron chi connectivity index (χ4n) is 3.23. The molecule has 3 rings (SSSR count). The van der Waals surface area contributed by atoms with Crippen molar-refractivity contribution in [2.45, 2.75) is 43.5 Å². The van der Waals surface area contributed by atoms with Crippen LogP contribution in [0.15, 0.2) is 42.5 Å². The Morgan fingerprint density at radius 2 is 1.67 bits per heavy atom. The molecule has 1 fully saturated rings. The van der Waals surface area contributed by atoms with E-state index in [-0.39, 0.29) is 29.2 Å². The Morgan fingerprint density at radius 3 is 2.33 bits per heavy atom. The van der Waals surface area contributed by atoms with Gasteiger partial charge in [-0.25, -0.2) is 0 Å². The maximum atomic E-state index is 12.8. The summed E-state index contributed by atoms with van der Waals surface area (Å²) in [6, 6.07) is 10.5. The molecule has 1 saturated heterocycles. The van der Waals surface area contributed by atoms with Gasteiger partial charge in [0.15, 0.2) is 5.78 Å². The van der Waals surface area contributed by atoms with Gasteiger partial charge in [0.05, 0.1) is 6.61 Å². The number of ketones is 1. The first kappa shape index (κ1) is 22.0. The molecular weight excluding hydrogens is 396 g/mol. The van der Waals surface area contributed by atoms with Crippen LogP contribution >= 0.6 is 0 Å². The maximum absolute atomic E-state index is 12.8. The molecule has 0 aliphatic carbocycles. The van der Waals surface area contributed by atoms with E-state index in [1.807, 2.05) is 0 Å². The van der Waals surface area contributed by atoms with Crippen molar-refractivity contribution >= 4 is 5.78 Å². The van der Waals surface area contributed by atoms with Crippen LogP contribution in [0.2, 0.25) is 0 Å². The number of phenols is 2. The number of rotatable bonds is 7. The largest absolute Gasteiger partial charge is 0.508 e. The number of ether oxygens (including phenoxy) is 2. The van der Waals surface area contributed by atoms with Gasteiger partial charge in [0.25, 0.3) is 0 Å². The highest BCUT2D eigenvalue weighted by Crippen LogP contribution is 2.32. The van der Waals surface area contributed by atoms with Crippen molar-refractivity contribution in [1.29, 1.82) is 0 Å². The van der Waals surface area contributed by atoms with Crippen LogP contribution in [-0.4, -0.2) is 73.7 Å². The lowest BCUT2D eigenvalue weighted by Crippen LogP contribution is -2.60. The predicted octanol–water partition coefficient (Wildman–Crippen LogP) is 0.0920. The highest BCUT2D eigenvalue weighted by atomic mass is 16.7. The van der Waals surface area contributed by atoms with Crippen molar-refractivity contribution in [2.75, 3.05) is 6.61 Å². The summed E-state index contributed by atoms with van der Waals surface area (Å²) in [6.07, 6.45) is -7.08. The molecular formula is C21H24O9. The Morgan fingerprint density at radius 1 is 0.967 bits per heavy atom. The van der Waals surface area contributed by atoms with E-state index in [1.165, 1.54) is 30.3 Å². The SMILES string of the molecule is O=C(CCc1ccc(O)cc1)c1c(O)cccc1O[C@@H]1O[C@H](CO)[C@@H](O)[C@H](O)[C@H]1O. The second kappa shape index (κ2) is 9.41. The van der Waals surface area contributed by atoms with Crippen LogP contribution in [0.3, 0.4) is 0 Å². The van der Waals surface area contributed by atoms with E-state index in [0.29, 0.717) is 6.42 Å². The summed E-state index contributed by atoms with van der Waals surface area (Å²) in [5, 5.41) is 58.8. The van der Waals surface area contributed by atoms with Crippen LogP contribution in [0.4, 0.5) is 0 Å². The quantitative estimate of drug-likeness (QED) is 0.342. The standard InChI is InChI=1S/C21H24O9/c22-10-16-18(26)19(27)20(28)21(30-16)29-15-3-1-2-13(24)17(15)14(25)9-6-11-4-7-12(23)8-5-11/h1-5,7-8,16,18-24,26-28H,6,9-10H2/t16-,18-,19+,20-,21-/m1/s1. The average Bonchev–Trinajstić information content (AvgIpc) is 2.73. The van der Waals surface area contributed by atoms with Crippen molar-refractivity contribution in [3.8, 4) is 17.2 Å². The number of benzene rings is 2. The zero-order chi connectivity index (χ0) is 21.8. The Kier molecular flexibility index (Phi) is 6.91. The lowest BCUT2D eigenvalue weighted by Gasteiger charge is -2.39. The first-order valence-corrected chi connectivity index (χ1v) is 9.42. The van der Waals surface area contributed by atoms with Crippen LogP contribution in [0, 0.1) is 0 Å². The smallest absolute Gasteiger partial charge is 0.229 e. The number of aliphatic hydroxyl groups is 4. The van der Waals surface area contributed by atoms with Crippen LogP contribution < -0.4 is 4.74 Å². The van der Waals surface area contributed by atoms with Gasteiger partial charge in [0.1, 0.15) is 47.2 Å². The number of aliphatic hydroxyl groups excluding tert-OH is 4. The van der Waals surface area contributed by atoms with E-state index in [4.69, 9.17) is 9.47 Å². The van der Waals surface area contributed by atoms with Gasteiger partial charge >= 0.3 is 0 Å². The molecule has 1 aliphatic heterocycles. The van der Waals surface area contributed by atoms with Crippen LogP contribution in [0.1, 0.15) is 22.3 Å². The first-order chi connectivity index (χ1) is 14.3. The summed E-state index contributed by atoms with van der Waals surface area (Å²) in [7, 11) is 0. The summed E-state index contributed by atoms with van der Waals surface area (Å²) in [6.45, 7) is -0.622. The van der Waals surface area contributed by atoms with E-state index in [0.717, 1.165) is 5.56 Å². The van der Waals surface area contributed by atoms with Gasteiger partial charge in [-0.3, -0.25) is 4.79 Å². The molecule has 6 N–H and O–H groups in total. The maximum Gasteiger partial charge on any atom is 0.229 e. The minimum absolute atomic E-state index is 0.0351. The monoisotopic (exact) mass is 420 g/mol. The summed E-state index contributed by atoms with van der Waals surface area (Å²) in [5.74, 6) is -0.718. The summed E-state index contributed by atoms with van der Waals surface area (Å²) in [5.41, 5.74) is 0.696. The molecule has 2 aromatic rings. The zero-order valence-electron chi connectivity index (χ0n) is 16.0. The number of phenolic OH excluding ortho intramolecular Hbond substituents is 2. The third-order valence-corrected chi connectivity index (χ3v) is 4.95. The number of hydrogen-bond donors (Lipinski definition) is 6. The number of carbonyl (C=O) groups is 1. The first-order valence-electron chi connectivity index (χ1n) is 9.42. The molecule has 0 radical (unpaired) electrons. The Hall–Kier alpha value is -2.69. The average molecular weight is 420 g/mol. The van der Waals surface area contributed by atoms with Crippen molar-refractivity contribution in [2.24, 2.45) is 0 Å². The molecule has 9 heteroatoms. The fraction of sp³-hybridized carbons (Fsp3) is 0.381. The molecule has 2 aromatic carbocycles. The summed E-state index contributed by atoms with van der Waals surface area (Å²) in [4.78, 5) is 12.8. The Bertz CT molecular complexity index is 865. The van der Waals surface area contributed by atoms with Crippen molar-refractivity contribution in [3.63, 3.8) is 0 Å². The van der Waals surface area contributed by atoms with Gasteiger partial charge in [-0.1, -0.05) is 18.2 Å². The van der Waals surface area contributed by atoms with Crippen LogP contribution in [0.5, 0.6) is 17.2 Å². The van der Waals surface area contributed by atoms with Crippen molar-refractivity contribution in [1.82, 2.24) is 0 Å². The van der Waals surface area contributed by atoms with Crippen LogP contribution in [0.25, 0.3) is 0 Å². The molecule has 0 spiro atoms. The number of hydrogen-bond acceptors (Lipinski definition) is 9. The van der Waals surface area contributed by atoms with Gasteiger partial charge in [0, 0.05) is 6.42 Å². The van der Waals surface area contributed by atoms with E-state index in [2.05, 4.69) is 0 Å². The molecule has 30 heavy (non-hydrogen) atoms. The third-order valence-electron chi connectivity index (χ3n) is 4.95. The number of aromatic hydroxyl groups is 2. The Balaban J connectivity index is 1.77. The third kappa shape index (κ3) is 4.72. The van der Waals surface area contributed by atoms with Crippen molar-refractivity contribution in [3.05, 3.63) is 53.6 Å². The van der Waals surface area contributed by atoms with Gasteiger partial charge in [-0.05, 0) is 36.2 Å². The summed E-state index contributed by atoms with van der Waals surface area (Å²) >= 11 is 0. The van der Waals surface area contributed by atoms with E-state index >= 15 is 0 Å². The molecule has 9 nitrogen and oxygen atoms in total. The normalized spacial score (nSPS) is 26.3. The zero-order valence-corrected chi connectivity index (χ0v) is 16.0. The van der Waals surface area contributed by atoms with Gasteiger partial charge in [-0.15, -0.1) is 0 Å². The number of Topliss-reactive ketones (excluding diaryl/α,β-unsaturated/α-hetero) is 1. The molecule has 162 valence electrons. The molecule has 0 saturated carbocycles. The minimum Gasteiger partial charge on any atom is -0.508 e. The van der Waals surface area contributed by atoms with Gasteiger partial charge in [-0.2, -0.15) is 0 Å². The molecule has 1 heterocycles. The molecule has 1 aliphatic rings. The molecule has 5 atom stereocenters. The van der Waals surface area contributed by atoms with Gasteiger partial charge < -0.3 is 40.1 Å². The van der Waals surface area contributed by atoms with Crippen LogP contribution in [-0.2, 0) is 11.2 Å². The highest BCUT2D eigenvalue weighted by molar-refractivity contribution is 6.01. The minimum atomic E-state index is -1.65.